The molecule has 0 bridgehead atoms. The molecule has 4 rings (SSSR count). The van der Waals surface area contributed by atoms with E-state index in [1.54, 1.807) is 6.08 Å². The molecule has 2 fully saturated rings. The van der Waals surface area contributed by atoms with E-state index >= 15 is 0 Å². The number of hydrogen-bond acceptors (Lipinski definition) is 4. The lowest BCUT2D eigenvalue weighted by Gasteiger charge is -2.20. The van der Waals surface area contributed by atoms with Gasteiger partial charge in [-0.3, -0.25) is 4.79 Å². The molecule has 0 N–H and O–H groups in total. The number of rotatable bonds is 6. The molecular weight excluding hydrogens is 363 g/mol. The van der Waals surface area contributed by atoms with Gasteiger partial charge in [-0.15, -0.1) is 23.2 Å². The second-order valence-corrected chi connectivity index (χ2v) is 8.31. The summed E-state index contributed by atoms with van der Waals surface area (Å²) in [6.07, 6.45) is 4.57. The highest BCUT2D eigenvalue weighted by Crippen LogP contribution is 2.72. The maximum absolute atomic E-state index is 11.8. The smallest absolute Gasteiger partial charge is 0.306 e. The van der Waals surface area contributed by atoms with Gasteiger partial charge < -0.3 is 14.2 Å². The summed E-state index contributed by atoms with van der Waals surface area (Å²) in [5.74, 6) is 2.20. The normalized spacial score (nSPS) is 27.7. The summed E-state index contributed by atoms with van der Waals surface area (Å²) in [4.78, 5) is 11.8. The minimum Gasteiger partial charge on any atom is -0.461 e. The molecule has 2 aliphatic carbocycles. The first-order chi connectivity index (χ1) is 12.0. The summed E-state index contributed by atoms with van der Waals surface area (Å²) < 4.78 is 15.5. The summed E-state index contributed by atoms with van der Waals surface area (Å²) >= 11 is 12.9. The van der Waals surface area contributed by atoms with Crippen LogP contribution < -0.4 is 9.47 Å². The summed E-state index contributed by atoms with van der Waals surface area (Å²) in [5.41, 5.74) is 2.26. The lowest BCUT2D eigenvalue weighted by molar-refractivity contribution is -0.142. The lowest BCUT2D eigenvalue weighted by Crippen LogP contribution is -2.11. The van der Waals surface area contributed by atoms with E-state index in [1.165, 1.54) is 5.56 Å². The lowest BCUT2D eigenvalue weighted by atomic mass is 9.88. The number of carbonyl (C=O) groups is 1. The molecule has 1 aromatic carbocycles. The third kappa shape index (κ3) is 3.00. The molecule has 1 heterocycles. The number of carbonyl (C=O) groups excluding carboxylic acids is 1. The summed E-state index contributed by atoms with van der Waals surface area (Å²) in [6, 6.07) is 4.03. The Bertz CT molecular complexity index is 716. The summed E-state index contributed by atoms with van der Waals surface area (Å²) in [7, 11) is 0. The number of hydrogen-bond donors (Lipinski definition) is 0. The van der Waals surface area contributed by atoms with Crippen LogP contribution in [-0.2, 0) is 16.0 Å². The molecule has 4 nitrogen and oxygen atoms in total. The number of aryl methyl sites for hydroxylation is 1. The Hall–Kier alpha value is -1.39. The van der Waals surface area contributed by atoms with Gasteiger partial charge in [0, 0.05) is 12.3 Å². The van der Waals surface area contributed by atoms with Crippen LogP contribution >= 0.6 is 23.2 Å². The number of halogens is 2. The van der Waals surface area contributed by atoms with Crippen molar-refractivity contribution in [2.45, 2.75) is 35.9 Å². The van der Waals surface area contributed by atoms with Crippen molar-refractivity contribution in [2.24, 2.45) is 11.8 Å². The number of ether oxygens (including phenoxy) is 3. The number of alkyl halides is 2. The zero-order valence-electron chi connectivity index (χ0n) is 13.8. The molecule has 1 aromatic rings. The van der Waals surface area contributed by atoms with Crippen molar-refractivity contribution >= 4 is 29.2 Å². The highest BCUT2D eigenvalue weighted by Gasteiger charge is 2.68. The topological polar surface area (TPSA) is 44.8 Å². The molecule has 0 radical (unpaired) electrons. The average Bonchev–Trinajstić information content (AvgIpc) is 3.01. The molecule has 134 valence electrons. The second kappa shape index (κ2) is 6.40. The van der Waals surface area contributed by atoms with E-state index in [0.29, 0.717) is 24.7 Å². The standard InChI is InChI=1S/C19H20Cl2O4/c1-2-7-23-17(22)6-3-11-8-15-16(25-10-24-15)9-13(11)12-4-5-14-18(12)19(14,20)21/h2,8-9,12,14,18H,1,3-7,10H2. The quantitative estimate of drug-likeness (QED) is 0.416. The van der Waals surface area contributed by atoms with Crippen LogP contribution in [0.3, 0.4) is 0 Å². The van der Waals surface area contributed by atoms with Gasteiger partial charge in [-0.1, -0.05) is 12.7 Å². The summed E-state index contributed by atoms with van der Waals surface area (Å²) in [6.45, 7) is 4.01. The van der Waals surface area contributed by atoms with E-state index in [-0.39, 0.29) is 25.3 Å². The van der Waals surface area contributed by atoms with E-state index in [9.17, 15) is 4.79 Å². The first kappa shape index (κ1) is 17.0. The summed E-state index contributed by atoms with van der Waals surface area (Å²) in [5, 5.41) is 0. The third-order valence-corrected chi connectivity index (χ3v) is 6.54. The van der Waals surface area contributed by atoms with E-state index in [2.05, 4.69) is 6.58 Å². The van der Waals surface area contributed by atoms with Crippen molar-refractivity contribution in [2.75, 3.05) is 13.4 Å². The molecule has 0 saturated heterocycles. The van der Waals surface area contributed by atoms with Crippen LogP contribution in [0.25, 0.3) is 0 Å². The molecule has 3 aliphatic rings. The van der Waals surface area contributed by atoms with E-state index in [1.807, 2.05) is 12.1 Å². The molecule has 3 unspecified atom stereocenters. The molecule has 0 aromatic heterocycles. The van der Waals surface area contributed by atoms with E-state index < -0.39 is 4.33 Å². The Morgan fingerprint density at radius 3 is 2.76 bits per heavy atom. The maximum Gasteiger partial charge on any atom is 0.306 e. The van der Waals surface area contributed by atoms with Gasteiger partial charge in [-0.2, -0.15) is 0 Å². The van der Waals surface area contributed by atoms with E-state index in [0.717, 1.165) is 29.9 Å². The van der Waals surface area contributed by atoms with E-state index in [4.69, 9.17) is 37.4 Å². The van der Waals surface area contributed by atoms with Gasteiger partial charge in [0.25, 0.3) is 0 Å². The Labute approximate surface area is 157 Å². The molecule has 0 spiro atoms. The Balaban J connectivity index is 1.57. The highest BCUT2D eigenvalue weighted by atomic mass is 35.5. The Morgan fingerprint density at radius 2 is 2.08 bits per heavy atom. The first-order valence-corrected chi connectivity index (χ1v) is 9.34. The van der Waals surface area contributed by atoms with Crippen molar-refractivity contribution in [3.8, 4) is 11.5 Å². The largest absolute Gasteiger partial charge is 0.461 e. The SMILES string of the molecule is C=CCOC(=O)CCc1cc2c(cc1C1CCC3C1C3(Cl)Cl)OCO2. The second-order valence-electron chi connectivity index (χ2n) is 6.87. The van der Waals surface area contributed by atoms with Crippen LogP contribution in [0.2, 0.25) is 0 Å². The zero-order valence-corrected chi connectivity index (χ0v) is 15.3. The minimum atomic E-state index is -0.612. The van der Waals surface area contributed by atoms with Crippen LogP contribution in [-0.4, -0.2) is 23.7 Å². The zero-order chi connectivity index (χ0) is 17.6. The van der Waals surface area contributed by atoms with Crippen molar-refractivity contribution in [3.63, 3.8) is 0 Å². The molecule has 6 heteroatoms. The molecule has 25 heavy (non-hydrogen) atoms. The van der Waals surface area contributed by atoms with Gasteiger partial charge in [0.05, 0.1) is 0 Å². The average molecular weight is 383 g/mol. The van der Waals surface area contributed by atoms with Crippen LogP contribution in [0.1, 0.15) is 36.3 Å². The molecule has 0 amide bonds. The van der Waals surface area contributed by atoms with Gasteiger partial charge >= 0.3 is 5.97 Å². The van der Waals surface area contributed by atoms with Gasteiger partial charge in [0.1, 0.15) is 10.9 Å². The number of benzene rings is 1. The molecular formula is C19H20Cl2O4. The first-order valence-electron chi connectivity index (χ1n) is 8.59. The van der Waals surface area contributed by atoms with Crippen molar-refractivity contribution < 1.29 is 19.0 Å². The van der Waals surface area contributed by atoms with Crippen LogP contribution in [0.5, 0.6) is 11.5 Å². The van der Waals surface area contributed by atoms with Crippen LogP contribution in [0.4, 0.5) is 0 Å². The fraction of sp³-hybridized carbons (Fsp3) is 0.526. The highest BCUT2D eigenvalue weighted by molar-refractivity contribution is 6.51. The molecule has 1 aliphatic heterocycles. The van der Waals surface area contributed by atoms with Crippen molar-refractivity contribution in [1.82, 2.24) is 0 Å². The maximum atomic E-state index is 11.8. The van der Waals surface area contributed by atoms with Gasteiger partial charge in [-0.25, -0.2) is 0 Å². The third-order valence-electron chi connectivity index (χ3n) is 5.48. The fourth-order valence-electron chi connectivity index (χ4n) is 4.25. The van der Waals surface area contributed by atoms with Crippen molar-refractivity contribution in [1.29, 1.82) is 0 Å². The van der Waals surface area contributed by atoms with Crippen LogP contribution in [0.15, 0.2) is 24.8 Å². The molecule has 3 atom stereocenters. The minimum absolute atomic E-state index is 0.227. The van der Waals surface area contributed by atoms with Gasteiger partial charge in [-0.05, 0) is 54.4 Å². The molecule has 2 saturated carbocycles. The monoisotopic (exact) mass is 382 g/mol. The van der Waals surface area contributed by atoms with Gasteiger partial charge in [0.15, 0.2) is 11.5 Å². The van der Waals surface area contributed by atoms with Crippen LogP contribution in [0, 0.1) is 11.8 Å². The predicted molar refractivity (Wildman–Crippen MR) is 95.4 cm³/mol. The van der Waals surface area contributed by atoms with Gasteiger partial charge in [0.2, 0.25) is 6.79 Å². The predicted octanol–water partition coefficient (Wildman–Crippen LogP) is 4.37. The Kier molecular flexibility index (Phi) is 4.37. The Morgan fingerprint density at radius 1 is 1.32 bits per heavy atom. The van der Waals surface area contributed by atoms with Crippen molar-refractivity contribution in [3.05, 3.63) is 35.9 Å². The fourth-order valence-corrected chi connectivity index (χ4v) is 5.22. The number of esters is 1. The number of fused-ring (bicyclic) bond motifs is 2.